The molecular formula is C25H30F3N5O8. The Morgan fingerprint density at radius 2 is 1.68 bits per heavy atom. The molecule has 2 aromatic rings. The molecule has 0 saturated carbocycles. The van der Waals surface area contributed by atoms with Crippen LogP contribution in [0.4, 0.5) is 23.8 Å². The molecule has 1 aliphatic heterocycles. The minimum atomic E-state index is -4.92. The van der Waals surface area contributed by atoms with Crippen molar-refractivity contribution in [2.45, 2.75) is 56.4 Å². The molecule has 3 rings (SSSR count). The highest BCUT2D eigenvalue weighted by Crippen LogP contribution is 2.31. The van der Waals surface area contributed by atoms with Gasteiger partial charge in [-0.25, -0.2) is 9.59 Å². The first kappa shape index (κ1) is 31.5. The number of unbranched alkanes of at least 4 members (excludes halogenated alkanes) is 3. The van der Waals surface area contributed by atoms with E-state index in [2.05, 4.69) is 15.6 Å². The highest BCUT2D eigenvalue weighted by molar-refractivity contribution is 6.03. The van der Waals surface area contributed by atoms with E-state index in [0.29, 0.717) is 31.2 Å². The largest absolute Gasteiger partial charge is 0.471 e. The van der Waals surface area contributed by atoms with Crippen LogP contribution in [-0.2, 0) is 14.3 Å². The summed E-state index contributed by atoms with van der Waals surface area (Å²) in [7, 11) is 0. The average Bonchev–Trinajstić information content (AvgIpc) is 3.24. The summed E-state index contributed by atoms with van der Waals surface area (Å²) in [5.41, 5.74) is -0.535. The van der Waals surface area contributed by atoms with E-state index in [4.69, 9.17) is 9.47 Å². The number of rotatable bonds is 12. The fourth-order valence-corrected chi connectivity index (χ4v) is 3.94. The zero-order valence-electron chi connectivity index (χ0n) is 21.7. The average molecular weight is 586 g/mol. The van der Waals surface area contributed by atoms with Gasteiger partial charge in [-0.15, -0.1) is 0 Å². The molecule has 3 amide bonds. The van der Waals surface area contributed by atoms with Crippen molar-refractivity contribution in [3.05, 3.63) is 58.6 Å². The smallest absolute Gasteiger partial charge is 0.439 e. The normalized spacial score (nSPS) is 20.3. The second kappa shape index (κ2) is 14.6. The molecule has 2 heterocycles. The van der Waals surface area contributed by atoms with Crippen LogP contribution in [0.25, 0.3) is 0 Å². The molecule has 13 nitrogen and oxygen atoms in total. The molecule has 0 unspecified atom stereocenters. The van der Waals surface area contributed by atoms with Gasteiger partial charge in [0.25, 0.3) is 5.91 Å². The van der Waals surface area contributed by atoms with Crippen LogP contribution < -0.4 is 21.6 Å². The van der Waals surface area contributed by atoms with Crippen LogP contribution in [0.5, 0.6) is 0 Å². The number of hydrogen-bond acceptors (Lipinski definition) is 9. The number of carbonyl (C=O) groups is 3. The van der Waals surface area contributed by atoms with Crippen LogP contribution in [0.3, 0.4) is 0 Å². The van der Waals surface area contributed by atoms with E-state index in [0.717, 1.165) is 4.57 Å². The van der Waals surface area contributed by atoms with E-state index >= 15 is 0 Å². The summed E-state index contributed by atoms with van der Waals surface area (Å²) in [5, 5.41) is 26.8. The maximum atomic E-state index is 12.7. The molecule has 0 bridgehead atoms. The van der Waals surface area contributed by atoms with Crippen molar-refractivity contribution in [1.29, 1.82) is 0 Å². The van der Waals surface area contributed by atoms with Gasteiger partial charge in [-0.2, -0.15) is 18.2 Å². The predicted octanol–water partition coefficient (Wildman–Crippen LogP) is 1.08. The van der Waals surface area contributed by atoms with Gasteiger partial charge in [0, 0.05) is 24.8 Å². The summed E-state index contributed by atoms with van der Waals surface area (Å²) < 4.78 is 48.2. The van der Waals surface area contributed by atoms with Gasteiger partial charge in [-0.3, -0.25) is 14.2 Å². The highest BCUT2D eigenvalue weighted by Gasteiger charge is 2.47. The summed E-state index contributed by atoms with van der Waals surface area (Å²) in [4.78, 5) is 51.9. The summed E-state index contributed by atoms with van der Waals surface area (Å²) in [6, 6.07) is 9.56. The first-order valence-corrected chi connectivity index (χ1v) is 12.7. The van der Waals surface area contributed by atoms with E-state index < -0.39 is 60.9 Å². The number of nitrogens with one attached hydrogen (secondary N) is 3. The minimum Gasteiger partial charge on any atom is -0.439 e. The third-order valence-electron chi connectivity index (χ3n) is 6.03. The molecule has 1 aromatic heterocycles. The van der Waals surface area contributed by atoms with Crippen molar-refractivity contribution in [2.75, 3.05) is 25.0 Å². The lowest BCUT2D eigenvalue weighted by Crippen LogP contribution is -2.41. The van der Waals surface area contributed by atoms with Gasteiger partial charge in [0.2, 0.25) is 0 Å². The fourth-order valence-electron chi connectivity index (χ4n) is 3.94. The Balaban J connectivity index is 1.50. The molecule has 1 fully saturated rings. The molecular weight excluding hydrogens is 555 g/mol. The number of aliphatic hydroxyl groups is 2. The van der Waals surface area contributed by atoms with Gasteiger partial charge >= 0.3 is 23.9 Å². The predicted molar refractivity (Wildman–Crippen MR) is 136 cm³/mol. The molecule has 41 heavy (non-hydrogen) atoms. The number of alkyl halides is 3. The molecule has 4 atom stereocenters. The third kappa shape index (κ3) is 8.99. The fraction of sp³-hybridized carbons (Fsp3) is 0.480. The number of anilines is 1. The quantitative estimate of drug-likeness (QED) is 0.228. The van der Waals surface area contributed by atoms with Crippen molar-refractivity contribution in [2.24, 2.45) is 0 Å². The number of alkyl carbamates (subject to hydrolysis) is 1. The van der Waals surface area contributed by atoms with Crippen LogP contribution in [0.1, 0.15) is 42.3 Å². The molecule has 1 aromatic carbocycles. The summed E-state index contributed by atoms with van der Waals surface area (Å²) >= 11 is 0. The number of carbonyl (C=O) groups excluding carboxylic acids is 3. The topological polar surface area (TPSA) is 181 Å². The van der Waals surface area contributed by atoms with Gasteiger partial charge in [0.1, 0.15) is 18.0 Å². The van der Waals surface area contributed by atoms with E-state index in [1.54, 1.807) is 35.6 Å². The van der Waals surface area contributed by atoms with Gasteiger partial charge in [-0.1, -0.05) is 31.0 Å². The lowest BCUT2D eigenvalue weighted by molar-refractivity contribution is -0.173. The molecule has 16 heteroatoms. The Labute approximate surface area is 231 Å². The van der Waals surface area contributed by atoms with Crippen molar-refractivity contribution in [3.63, 3.8) is 0 Å². The zero-order chi connectivity index (χ0) is 30.0. The number of hydrogen-bond donors (Lipinski definition) is 5. The Hall–Kier alpha value is -4.02. The maximum absolute atomic E-state index is 12.7. The van der Waals surface area contributed by atoms with E-state index in [9.17, 15) is 42.6 Å². The Bertz CT molecular complexity index is 1240. The molecule has 1 saturated heterocycles. The number of aliphatic hydroxyl groups excluding tert-OH is 2. The SMILES string of the molecule is O=C(NCCCCCCNC(=O)C(F)(F)F)O[C@@H]1[C@H](O)[C@@H](CO)O[C@H]1n1ccc(NC(=O)c2ccccc2)nc1=O. The Kier molecular flexibility index (Phi) is 11.2. The van der Waals surface area contributed by atoms with Crippen molar-refractivity contribution < 1.29 is 47.2 Å². The summed E-state index contributed by atoms with van der Waals surface area (Å²) in [6.07, 6.45) is -8.19. The summed E-state index contributed by atoms with van der Waals surface area (Å²) in [5.74, 6) is -2.53. The van der Waals surface area contributed by atoms with Crippen molar-refractivity contribution in [3.8, 4) is 0 Å². The van der Waals surface area contributed by atoms with E-state index in [-0.39, 0.29) is 18.9 Å². The second-order valence-electron chi connectivity index (χ2n) is 9.03. The third-order valence-corrected chi connectivity index (χ3v) is 6.03. The number of amides is 3. The molecule has 224 valence electrons. The molecule has 5 N–H and O–H groups in total. The van der Waals surface area contributed by atoms with Gasteiger partial charge in [-0.05, 0) is 31.0 Å². The van der Waals surface area contributed by atoms with Crippen LogP contribution in [0, 0.1) is 0 Å². The van der Waals surface area contributed by atoms with E-state index in [1.165, 1.54) is 12.3 Å². The maximum Gasteiger partial charge on any atom is 0.471 e. The monoisotopic (exact) mass is 585 g/mol. The molecule has 0 spiro atoms. The number of ether oxygens (including phenoxy) is 2. The first-order valence-electron chi connectivity index (χ1n) is 12.7. The lowest BCUT2D eigenvalue weighted by Gasteiger charge is -2.22. The van der Waals surface area contributed by atoms with Crippen LogP contribution in [0.15, 0.2) is 47.4 Å². The van der Waals surface area contributed by atoms with Crippen LogP contribution >= 0.6 is 0 Å². The Morgan fingerprint density at radius 1 is 1.02 bits per heavy atom. The highest BCUT2D eigenvalue weighted by atomic mass is 19.4. The number of halogens is 3. The Morgan fingerprint density at radius 3 is 2.29 bits per heavy atom. The molecule has 0 aliphatic carbocycles. The minimum absolute atomic E-state index is 0.0460. The molecule has 1 aliphatic rings. The van der Waals surface area contributed by atoms with E-state index in [1.807, 2.05) is 0 Å². The first-order chi connectivity index (χ1) is 19.5. The van der Waals surface area contributed by atoms with Crippen LogP contribution in [0.2, 0.25) is 0 Å². The zero-order valence-corrected chi connectivity index (χ0v) is 21.7. The van der Waals surface area contributed by atoms with Crippen molar-refractivity contribution >= 4 is 23.7 Å². The van der Waals surface area contributed by atoms with Gasteiger partial charge < -0.3 is 35.6 Å². The van der Waals surface area contributed by atoms with Crippen LogP contribution in [-0.4, -0.2) is 81.9 Å². The summed E-state index contributed by atoms with van der Waals surface area (Å²) in [6.45, 7) is -0.617. The van der Waals surface area contributed by atoms with Gasteiger partial charge in [0.05, 0.1) is 6.61 Å². The number of nitrogens with zero attached hydrogens (tertiary/aromatic N) is 2. The number of benzene rings is 1. The molecule has 0 radical (unpaired) electrons. The number of aromatic nitrogens is 2. The standard InChI is InChI=1S/C25H30F3N5O8/c26-25(27,28)22(37)29-11-6-1-2-7-12-30-24(39)41-19-18(35)16(14-34)40-21(19)33-13-10-17(32-23(33)38)31-20(36)15-8-4-3-5-9-15/h3-5,8-10,13,16,18-19,21,34-35H,1-2,6-7,11-12,14H2,(H,29,37)(H,30,39)(H,31,32,36,38)/t16-,18-,19-,21-/m1/s1. The second-order valence-corrected chi connectivity index (χ2v) is 9.03. The van der Waals surface area contributed by atoms with Gasteiger partial charge in [0.15, 0.2) is 12.3 Å². The van der Waals surface area contributed by atoms with Crippen molar-refractivity contribution in [1.82, 2.24) is 20.2 Å². The lowest BCUT2D eigenvalue weighted by atomic mass is 10.1.